The van der Waals surface area contributed by atoms with Crippen LogP contribution < -0.4 is 19.5 Å². The summed E-state index contributed by atoms with van der Waals surface area (Å²) in [5.41, 5.74) is 1.18. The van der Waals surface area contributed by atoms with Gasteiger partial charge in [-0.05, 0) is 90.2 Å². The number of anilines is 1. The molecule has 5 aliphatic rings. The third-order valence-electron chi connectivity index (χ3n) is 13.9. The van der Waals surface area contributed by atoms with Crippen molar-refractivity contribution in [1.29, 1.82) is 0 Å². The Morgan fingerprint density at radius 3 is 2.47 bits per heavy atom. The molecule has 14 nitrogen and oxygen atoms in total. The molecular formula is C47H59F3N6O8S2. The van der Waals surface area contributed by atoms with Crippen LogP contribution in [0.3, 0.4) is 0 Å². The fourth-order valence-electron chi connectivity index (χ4n) is 9.83. The van der Waals surface area contributed by atoms with Gasteiger partial charge in [-0.3, -0.25) is 23.9 Å². The normalized spacial score (nSPS) is 26.3. The number of methoxy groups -OCH3 is 1. The Morgan fingerprint density at radius 2 is 1.77 bits per heavy atom. The van der Waals surface area contributed by atoms with E-state index in [1.807, 2.05) is 50.4 Å². The standard InChI is InChI=1S/C47H59F3N6O8S2/c1-27(2)51-45-53-36(26-65-45)35-22-40(34-14-15-39(63-4)28(3)42(34)52-35)64-32-21-37-38(57)24-46(44(60)54-66(61,62)33-12-13-33)23-31(46)11-9-7-5-6-8-10-29(43(59)56(37)25-32)20-41(58)55-18-16-30(17-19-55)47(48,49)50/h9,11,14-15,22,26-27,29-33,37H,5-8,10,12-13,16-21,23-25H2,1-4H3,(H,51,53)(H,54,60)/b11-9-/t29-,31-,32-,37+,46-/m1/s1. The number of alkyl halides is 3. The molecule has 2 aliphatic carbocycles. The van der Waals surface area contributed by atoms with Crippen molar-refractivity contribution in [2.75, 3.05) is 32.1 Å². The number of ether oxygens (including phenoxy) is 2. The number of amides is 3. The summed E-state index contributed by atoms with van der Waals surface area (Å²) in [6.45, 7) is 5.75. The number of hydrogen-bond acceptors (Lipinski definition) is 12. The molecule has 3 aromatic rings. The van der Waals surface area contributed by atoms with Gasteiger partial charge in [0.2, 0.25) is 27.7 Å². The van der Waals surface area contributed by atoms with Gasteiger partial charge in [0.15, 0.2) is 10.9 Å². The van der Waals surface area contributed by atoms with Gasteiger partial charge >= 0.3 is 6.18 Å². The highest BCUT2D eigenvalue weighted by Gasteiger charge is 2.61. The quantitative estimate of drug-likeness (QED) is 0.180. The fourth-order valence-corrected chi connectivity index (χ4v) is 12.1. The molecule has 3 aliphatic heterocycles. The first-order valence-corrected chi connectivity index (χ1v) is 25.6. The van der Waals surface area contributed by atoms with Crippen LogP contribution in [0.5, 0.6) is 11.5 Å². The Balaban J connectivity index is 1.12. The number of aromatic nitrogens is 2. The van der Waals surface area contributed by atoms with E-state index in [4.69, 9.17) is 19.4 Å². The second-order valence-corrected chi connectivity index (χ2v) is 21.9. The number of thiazole rings is 1. The molecule has 2 saturated heterocycles. The number of fused-ring (bicyclic) bond motifs is 3. The lowest BCUT2D eigenvalue weighted by molar-refractivity contribution is -0.186. The third-order valence-corrected chi connectivity index (χ3v) is 16.5. The number of halogens is 3. The Bertz CT molecular complexity index is 2480. The van der Waals surface area contributed by atoms with Crippen LogP contribution in [-0.2, 0) is 29.2 Å². The number of Topliss-reactive ketones (excluding diaryl/α,β-unsaturated/α-hetero) is 1. The lowest BCUT2D eigenvalue weighted by atomic mass is 9.90. The van der Waals surface area contributed by atoms with E-state index in [0.29, 0.717) is 71.0 Å². The minimum absolute atomic E-state index is 0.0388. The van der Waals surface area contributed by atoms with Crippen molar-refractivity contribution >= 4 is 60.9 Å². The highest BCUT2D eigenvalue weighted by molar-refractivity contribution is 7.90. The maximum atomic E-state index is 15.0. The number of ketones is 1. The van der Waals surface area contributed by atoms with Crippen LogP contribution in [0.4, 0.5) is 18.3 Å². The van der Waals surface area contributed by atoms with Crippen molar-refractivity contribution in [3.63, 3.8) is 0 Å². The first kappa shape index (κ1) is 47.7. The molecule has 0 radical (unpaired) electrons. The summed E-state index contributed by atoms with van der Waals surface area (Å²) >= 11 is 1.44. The van der Waals surface area contributed by atoms with Gasteiger partial charge in [-0.2, -0.15) is 13.2 Å². The van der Waals surface area contributed by atoms with Crippen molar-refractivity contribution < 1.29 is 50.2 Å². The summed E-state index contributed by atoms with van der Waals surface area (Å²) in [6, 6.07) is 4.50. The summed E-state index contributed by atoms with van der Waals surface area (Å²) in [7, 11) is -2.35. The Labute approximate surface area is 387 Å². The van der Waals surface area contributed by atoms with E-state index in [1.54, 1.807) is 13.2 Å². The molecule has 5 atom stereocenters. The van der Waals surface area contributed by atoms with Crippen molar-refractivity contribution in [3.05, 3.63) is 41.3 Å². The number of hydrogen-bond donors (Lipinski definition) is 2. The largest absolute Gasteiger partial charge is 0.496 e. The Kier molecular flexibility index (Phi) is 13.8. The second kappa shape index (κ2) is 19.1. The fraction of sp³-hybridized carbons (Fsp3) is 0.617. The molecule has 0 spiro atoms. The van der Waals surface area contributed by atoms with E-state index in [9.17, 15) is 36.0 Å². The molecule has 2 aromatic heterocycles. The molecule has 358 valence electrons. The highest BCUT2D eigenvalue weighted by atomic mass is 32.2. The van der Waals surface area contributed by atoms with Crippen molar-refractivity contribution in [1.82, 2.24) is 24.5 Å². The van der Waals surface area contributed by atoms with Gasteiger partial charge < -0.3 is 24.6 Å². The van der Waals surface area contributed by atoms with Crippen LogP contribution in [0, 0.1) is 30.1 Å². The van der Waals surface area contributed by atoms with E-state index in [-0.39, 0.29) is 70.1 Å². The van der Waals surface area contributed by atoms with Crippen LogP contribution in [0.15, 0.2) is 35.7 Å². The molecular weight excluding hydrogens is 898 g/mol. The average molecular weight is 957 g/mol. The molecule has 3 amide bonds. The number of piperidine rings is 1. The topological polar surface area (TPSA) is 177 Å². The molecule has 1 aromatic carbocycles. The number of carbonyl (C=O) groups excluding carboxylic acids is 4. The van der Waals surface area contributed by atoms with Gasteiger partial charge in [0.1, 0.15) is 23.3 Å². The molecule has 19 heteroatoms. The minimum Gasteiger partial charge on any atom is -0.496 e. The van der Waals surface area contributed by atoms with Crippen LogP contribution in [-0.4, -0.2) is 108 Å². The lowest BCUT2D eigenvalue weighted by Gasteiger charge is -2.34. The van der Waals surface area contributed by atoms with E-state index < -0.39 is 74.4 Å². The number of benzene rings is 1. The number of likely N-dealkylation sites (tertiary alicyclic amines) is 1. The van der Waals surface area contributed by atoms with Gasteiger partial charge in [-0.25, -0.2) is 18.4 Å². The van der Waals surface area contributed by atoms with E-state index in [2.05, 4.69) is 10.0 Å². The van der Waals surface area contributed by atoms with Crippen LogP contribution in [0.2, 0.25) is 0 Å². The SMILES string of the molecule is COc1ccc2c(O[C@@H]3C[C@H]4C(=O)C[C@]5(C(=O)NS(=O)(=O)C6CC6)C[C@H]5/C=C\CCCCC[C@H](CC(=O)N5CCC(C(F)(F)F)CC5)C(=O)N4C3)cc(-c3csc(NC(C)C)n3)nc2c1C. The van der Waals surface area contributed by atoms with Crippen molar-refractivity contribution in [2.24, 2.45) is 23.2 Å². The van der Waals surface area contributed by atoms with Crippen molar-refractivity contribution in [3.8, 4) is 22.9 Å². The number of sulfonamides is 1. The monoisotopic (exact) mass is 956 g/mol. The number of allylic oxidation sites excluding steroid dienone is 2. The van der Waals surface area contributed by atoms with Gasteiger partial charge in [-0.1, -0.05) is 25.0 Å². The van der Waals surface area contributed by atoms with Crippen LogP contribution >= 0.6 is 11.3 Å². The van der Waals surface area contributed by atoms with Gasteiger partial charge in [0.25, 0.3) is 0 Å². The van der Waals surface area contributed by atoms with Crippen molar-refractivity contribution in [2.45, 2.75) is 134 Å². The number of rotatable bonds is 11. The third kappa shape index (κ3) is 10.4. The zero-order chi connectivity index (χ0) is 47.1. The highest BCUT2D eigenvalue weighted by Crippen LogP contribution is 2.57. The summed E-state index contributed by atoms with van der Waals surface area (Å²) < 4.78 is 81.4. The van der Waals surface area contributed by atoms with E-state index in [0.717, 1.165) is 18.4 Å². The summed E-state index contributed by atoms with van der Waals surface area (Å²) in [4.78, 5) is 70.4. The maximum absolute atomic E-state index is 15.0. The minimum atomic E-state index is -4.35. The van der Waals surface area contributed by atoms with Crippen LogP contribution in [0.1, 0.15) is 103 Å². The number of nitrogens with one attached hydrogen (secondary N) is 2. The smallest absolute Gasteiger partial charge is 0.391 e. The molecule has 2 saturated carbocycles. The molecule has 0 unspecified atom stereocenters. The summed E-state index contributed by atoms with van der Waals surface area (Å²) in [5, 5.41) is 5.94. The van der Waals surface area contributed by atoms with Gasteiger partial charge in [0, 0.05) is 66.7 Å². The number of pyridine rings is 1. The predicted molar refractivity (Wildman–Crippen MR) is 243 cm³/mol. The number of nitrogens with zero attached hydrogens (tertiary/aromatic N) is 4. The number of carbonyl (C=O) groups is 4. The maximum Gasteiger partial charge on any atom is 0.391 e. The number of aryl methyl sites for hydroxylation is 1. The molecule has 8 rings (SSSR count). The van der Waals surface area contributed by atoms with E-state index >= 15 is 4.79 Å². The molecule has 5 heterocycles. The molecule has 66 heavy (non-hydrogen) atoms. The van der Waals surface area contributed by atoms with Crippen LogP contribution in [0.25, 0.3) is 22.3 Å². The first-order valence-electron chi connectivity index (χ1n) is 23.1. The van der Waals surface area contributed by atoms with Gasteiger partial charge in [0.05, 0.1) is 47.5 Å². The Morgan fingerprint density at radius 1 is 1.02 bits per heavy atom. The second-order valence-electron chi connectivity index (χ2n) is 19.1. The first-order chi connectivity index (χ1) is 31.4. The molecule has 0 bridgehead atoms. The summed E-state index contributed by atoms with van der Waals surface area (Å²) in [6.07, 6.45) is 2.07. The zero-order valence-electron chi connectivity index (χ0n) is 37.8. The predicted octanol–water partition coefficient (Wildman–Crippen LogP) is 7.75. The molecule has 2 N–H and O–H groups in total. The molecule has 4 fully saturated rings. The van der Waals surface area contributed by atoms with E-state index in [1.165, 1.54) is 21.1 Å². The lowest BCUT2D eigenvalue weighted by Crippen LogP contribution is -2.47. The average Bonchev–Trinajstić information content (AvgIpc) is 4.16. The zero-order valence-corrected chi connectivity index (χ0v) is 39.5. The Hall–Kier alpha value is -4.78. The summed E-state index contributed by atoms with van der Waals surface area (Å²) in [5.74, 6) is -3.70. The van der Waals surface area contributed by atoms with Gasteiger partial charge in [-0.15, -0.1) is 11.3 Å².